The van der Waals surface area contributed by atoms with Crippen LogP contribution in [-0.4, -0.2) is 30.8 Å². The van der Waals surface area contributed by atoms with E-state index in [2.05, 4.69) is 28.5 Å². The Labute approximate surface area is 118 Å². The maximum atomic E-state index is 4.70. The van der Waals surface area contributed by atoms with Crippen LogP contribution in [0.1, 0.15) is 11.1 Å². The van der Waals surface area contributed by atoms with Gasteiger partial charge in [0.15, 0.2) is 0 Å². The molecule has 2 aromatic carbocycles. The highest BCUT2D eigenvalue weighted by molar-refractivity contribution is 6.18. The minimum absolute atomic E-state index is 0.725. The second kappa shape index (κ2) is 5.17. The molecule has 0 bridgehead atoms. The molecule has 0 saturated heterocycles. The predicted octanol–water partition coefficient (Wildman–Crippen LogP) is 2.78. The van der Waals surface area contributed by atoms with E-state index in [0.29, 0.717) is 0 Å². The lowest BCUT2D eigenvalue weighted by molar-refractivity contribution is 0.544. The molecule has 0 unspecified atom stereocenters. The first-order valence-electron chi connectivity index (χ1n) is 6.50. The standard InChI is InChI=1S/C16H16N4/c1-17-16-18-14-11-7-6-10-13(14)15(19-20(16)2)12-8-4-3-5-9-12/h3-11H,1-2H3,(H,17,18). The SMILES string of the molecule is CN=C1Nc2ccccc2C(c2ccccc2)=NN1C. The monoisotopic (exact) mass is 264 g/mol. The van der Waals surface area contributed by atoms with Gasteiger partial charge in [-0.25, -0.2) is 5.01 Å². The van der Waals surface area contributed by atoms with Gasteiger partial charge in [0, 0.05) is 25.2 Å². The number of nitrogens with zero attached hydrogens (tertiary/aromatic N) is 3. The molecule has 4 heteroatoms. The number of rotatable bonds is 1. The molecule has 0 aromatic heterocycles. The highest BCUT2D eigenvalue weighted by atomic mass is 15.5. The Balaban J connectivity index is 2.21. The van der Waals surface area contributed by atoms with Crippen molar-refractivity contribution in [2.24, 2.45) is 10.1 Å². The lowest BCUT2D eigenvalue weighted by Crippen LogP contribution is -2.27. The number of hydrazone groups is 1. The van der Waals surface area contributed by atoms with E-state index in [1.807, 2.05) is 43.4 Å². The molecule has 2 aromatic rings. The Morgan fingerprint density at radius 3 is 2.45 bits per heavy atom. The molecule has 0 saturated carbocycles. The summed E-state index contributed by atoms with van der Waals surface area (Å²) in [5.74, 6) is 0.725. The maximum Gasteiger partial charge on any atom is 0.218 e. The second-order valence-electron chi connectivity index (χ2n) is 4.56. The van der Waals surface area contributed by atoms with Gasteiger partial charge in [0.05, 0.1) is 5.69 Å². The van der Waals surface area contributed by atoms with Crippen molar-refractivity contribution in [3.63, 3.8) is 0 Å². The van der Waals surface area contributed by atoms with E-state index in [1.54, 1.807) is 12.1 Å². The first-order valence-corrected chi connectivity index (χ1v) is 6.50. The van der Waals surface area contributed by atoms with Gasteiger partial charge >= 0.3 is 0 Å². The van der Waals surface area contributed by atoms with Crippen LogP contribution >= 0.6 is 0 Å². The van der Waals surface area contributed by atoms with Gasteiger partial charge in [0.2, 0.25) is 5.96 Å². The van der Waals surface area contributed by atoms with Crippen molar-refractivity contribution in [3.05, 3.63) is 65.7 Å². The number of anilines is 1. The summed E-state index contributed by atoms with van der Waals surface area (Å²) in [4.78, 5) is 4.24. The summed E-state index contributed by atoms with van der Waals surface area (Å²) < 4.78 is 0. The summed E-state index contributed by atoms with van der Waals surface area (Å²) in [7, 11) is 3.65. The maximum absolute atomic E-state index is 4.70. The Morgan fingerprint density at radius 2 is 1.70 bits per heavy atom. The summed E-state index contributed by atoms with van der Waals surface area (Å²) in [5.41, 5.74) is 4.12. The van der Waals surface area contributed by atoms with Gasteiger partial charge in [0.1, 0.15) is 5.71 Å². The molecular weight excluding hydrogens is 248 g/mol. The van der Waals surface area contributed by atoms with E-state index in [9.17, 15) is 0 Å². The Bertz CT molecular complexity index is 674. The summed E-state index contributed by atoms with van der Waals surface area (Å²) in [6, 6.07) is 18.3. The van der Waals surface area contributed by atoms with E-state index in [-0.39, 0.29) is 0 Å². The summed E-state index contributed by atoms with van der Waals surface area (Å²) in [6.07, 6.45) is 0. The topological polar surface area (TPSA) is 40.0 Å². The molecule has 100 valence electrons. The quantitative estimate of drug-likeness (QED) is 0.860. The largest absolute Gasteiger partial charge is 0.324 e. The van der Waals surface area contributed by atoms with E-state index in [1.165, 1.54) is 0 Å². The van der Waals surface area contributed by atoms with Crippen molar-refractivity contribution in [1.82, 2.24) is 5.01 Å². The lowest BCUT2D eigenvalue weighted by Gasteiger charge is -2.14. The van der Waals surface area contributed by atoms with Crippen LogP contribution in [0.5, 0.6) is 0 Å². The van der Waals surface area contributed by atoms with Crippen LogP contribution in [0.4, 0.5) is 5.69 Å². The molecule has 1 heterocycles. The Kier molecular flexibility index (Phi) is 3.21. The van der Waals surface area contributed by atoms with Crippen molar-refractivity contribution < 1.29 is 0 Å². The van der Waals surface area contributed by atoms with Crippen molar-refractivity contribution >= 4 is 17.4 Å². The number of hydrogen-bond acceptors (Lipinski definition) is 2. The summed E-state index contributed by atoms with van der Waals surface area (Å²) in [6.45, 7) is 0. The summed E-state index contributed by atoms with van der Waals surface area (Å²) >= 11 is 0. The number of guanidine groups is 1. The van der Waals surface area contributed by atoms with Crippen molar-refractivity contribution in [1.29, 1.82) is 0 Å². The van der Waals surface area contributed by atoms with Crippen LogP contribution in [0.25, 0.3) is 0 Å². The van der Waals surface area contributed by atoms with Gasteiger partial charge in [0.25, 0.3) is 0 Å². The summed E-state index contributed by atoms with van der Waals surface area (Å²) in [5, 5.41) is 9.78. The van der Waals surface area contributed by atoms with E-state index in [4.69, 9.17) is 5.10 Å². The van der Waals surface area contributed by atoms with Crippen LogP contribution in [-0.2, 0) is 0 Å². The number of fused-ring (bicyclic) bond motifs is 1. The molecule has 0 radical (unpaired) electrons. The average molecular weight is 264 g/mol. The van der Waals surface area contributed by atoms with Gasteiger partial charge < -0.3 is 5.32 Å². The molecule has 1 aliphatic rings. The lowest BCUT2D eigenvalue weighted by atomic mass is 10.0. The van der Waals surface area contributed by atoms with Gasteiger partial charge in [-0.15, -0.1) is 0 Å². The zero-order chi connectivity index (χ0) is 13.9. The van der Waals surface area contributed by atoms with Crippen LogP contribution in [0.2, 0.25) is 0 Å². The molecule has 4 nitrogen and oxygen atoms in total. The smallest absolute Gasteiger partial charge is 0.218 e. The molecule has 1 aliphatic heterocycles. The molecule has 0 atom stereocenters. The van der Waals surface area contributed by atoms with Crippen LogP contribution in [0.3, 0.4) is 0 Å². The van der Waals surface area contributed by atoms with Crippen molar-refractivity contribution in [3.8, 4) is 0 Å². The van der Waals surface area contributed by atoms with E-state index in [0.717, 1.165) is 28.5 Å². The fourth-order valence-corrected chi connectivity index (χ4v) is 2.26. The van der Waals surface area contributed by atoms with Crippen LogP contribution in [0.15, 0.2) is 64.7 Å². The van der Waals surface area contributed by atoms with Gasteiger partial charge in [-0.2, -0.15) is 5.10 Å². The van der Waals surface area contributed by atoms with E-state index < -0.39 is 0 Å². The first kappa shape index (κ1) is 12.4. The number of hydrogen-bond donors (Lipinski definition) is 1. The molecule has 0 spiro atoms. The number of aliphatic imine (C=N–C) groups is 1. The third-order valence-corrected chi connectivity index (χ3v) is 3.24. The molecule has 0 fully saturated rings. The number of benzene rings is 2. The molecule has 20 heavy (non-hydrogen) atoms. The minimum Gasteiger partial charge on any atom is -0.324 e. The van der Waals surface area contributed by atoms with Crippen molar-refractivity contribution in [2.75, 3.05) is 19.4 Å². The Morgan fingerprint density at radius 1 is 1.00 bits per heavy atom. The van der Waals surface area contributed by atoms with Gasteiger partial charge in [-0.1, -0.05) is 48.5 Å². The third-order valence-electron chi connectivity index (χ3n) is 3.24. The highest BCUT2D eigenvalue weighted by Crippen LogP contribution is 2.23. The average Bonchev–Trinajstić information content (AvgIpc) is 2.65. The second-order valence-corrected chi connectivity index (χ2v) is 4.56. The fraction of sp³-hybridized carbons (Fsp3) is 0.125. The normalized spacial score (nSPS) is 16.2. The minimum atomic E-state index is 0.725. The molecule has 1 N–H and O–H groups in total. The third kappa shape index (κ3) is 2.16. The number of para-hydroxylation sites is 1. The highest BCUT2D eigenvalue weighted by Gasteiger charge is 2.19. The van der Waals surface area contributed by atoms with Gasteiger partial charge in [-0.05, 0) is 6.07 Å². The zero-order valence-electron chi connectivity index (χ0n) is 11.5. The van der Waals surface area contributed by atoms with Crippen LogP contribution in [0, 0.1) is 0 Å². The molecule has 0 aliphatic carbocycles. The molecule has 0 amide bonds. The number of nitrogens with one attached hydrogen (secondary N) is 1. The van der Waals surface area contributed by atoms with E-state index >= 15 is 0 Å². The fourth-order valence-electron chi connectivity index (χ4n) is 2.26. The van der Waals surface area contributed by atoms with Crippen LogP contribution < -0.4 is 5.32 Å². The first-order chi connectivity index (χ1) is 9.79. The van der Waals surface area contributed by atoms with Crippen molar-refractivity contribution in [2.45, 2.75) is 0 Å². The zero-order valence-corrected chi connectivity index (χ0v) is 11.5. The molecular formula is C16H16N4. The predicted molar refractivity (Wildman–Crippen MR) is 83.3 cm³/mol. The Hall–Kier alpha value is -2.62. The van der Waals surface area contributed by atoms with Gasteiger partial charge in [-0.3, -0.25) is 4.99 Å². The molecule has 3 rings (SSSR count).